The number of hydrogen-bond acceptors (Lipinski definition) is 4. The summed E-state index contributed by atoms with van der Waals surface area (Å²) in [6, 6.07) is 16.3. The molecule has 2 aromatic rings. The van der Waals surface area contributed by atoms with E-state index in [1.807, 2.05) is 24.3 Å². The standard InChI is InChI=1S/C25H38N2O2/c1-3-5-6-7-15-29-23-13-11-21(12-14-23)17-24(26)25(28)19-27-18-22-10-8-9-20(4-2)16-22/h8-14,16,24-25,27-28H,3-7,15,17-19,26H2,1-2H3/t24-,25+/m0/s1. The molecule has 0 spiro atoms. The molecule has 4 nitrogen and oxygen atoms in total. The Bertz CT molecular complexity index is 687. The van der Waals surface area contributed by atoms with Crippen molar-refractivity contribution in [3.8, 4) is 5.75 Å². The Kier molecular flexibility index (Phi) is 10.8. The maximum atomic E-state index is 10.4. The molecule has 2 atom stereocenters. The molecule has 29 heavy (non-hydrogen) atoms. The van der Waals surface area contributed by atoms with Crippen molar-refractivity contribution < 1.29 is 9.84 Å². The topological polar surface area (TPSA) is 67.5 Å². The summed E-state index contributed by atoms with van der Waals surface area (Å²) in [5.41, 5.74) is 9.89. The highest BCUT2D eigenvalue weighted by Gasteiger charge is 2.15. The Morgan fingerprint density at radius 3 is 2.45 bits per heavy atom. The summed E-state index contributed by atoms with van der Waals surface area (Å²) in [5.74, 6) is 0.898. The smallest absolute Gasteiger partial charge is 0.119 e. The molecule has 0 bridgehead atoms. The Hall–Kier alpha value is -1.88. The molecule has 4 heteroatoms. The van der Waals surface area contributed by atoms with Gasteiger partial charge >= 0.3 is 0 Å². The Morgan fingerprint density at radius 2 is 1.72 bits per heavy atom. The second-order valence-electron chi connectivity index (χ2n) is 7.79. The van der Waals surface area contributed by atoms with Crippen molar-refractivity contribution in [2.45, 2.75) is 71.1 Å². The maximum Gasteiger partial charge on any atom is 0.119 e. The van der Waals surface area contributed by atoms with Crippen LogP contribution in [0.15, 0.2) is 48.5 Å². The van der Waals surface area contributed by atoms with E-state index in [1.54, 1.807) is 0 Å². The van der Waals surface area contributed by atoms with E-state index < -0.39 is 6.10 Å². The zero-order chi connectivity index (χ0) is 20.9. The number of nitrogens with two attached hydrogens (primary N) is 1. The summed E-state index contributed by atoms with van der Waals surface area (Å²) in [7, 11) is 0. The number of ether oxygens (including phenoxy) is 1. The first-order valence-electron chi connectivity index (χ1n) is 11.1. The molecule has 0 aliphatic carbocycles. The lowest BCUT2D eigenvalue weighted by Crippen LogP contribution is -2.43. The van der Waals surface area contributed by atoms with Crippen molar-refractivity contribution in [2.24, 2.45) is 5.73 Å². The fourth-order valence-electron chi connectivity index (χ4n) is 3.32. The summed E-state index contributed by atoms with van der Waals surface area (Å²) in [4.78, 5) is 0. The van der Waals surface area contributed by atoms with Crippen LogP contribution in [-0.2, 0) is 19.4 Å². The Balaban J connectivity index is 1.69. The van der Waals surface area contributed by atoms with Gasteiger partial charge in [-0.05, 0) is 48.1 Å². The molecule has 0 aliphatic rings. The molecule has 0 heterocycles. The number of nitrogens with one attached hydrogen (secondary N) is 1. The van der Waals surface area contributed by atoms with E-state index in [1.165, 1.54) is 30.4 Å². The van der Waals surface area contributed by atoms with Crippen LogP contribution in [0, 0.1) is 0 Å². The Morgan fingerprint density at radius 1 is 0.966 bits per heavy atom. The number of aliphatic hydroxyl groups is 1. The van der Waals surface area contributed by atoms with Crippen LogP contribution in [0.5, 0.6) is 5.75 Å². The molecule has 160 valence electrons. The third kappa shape index (κ3) is 8.99. The number of unbranched alkanes of at least 4 members (excludes halogenated alkanes) is 3. The van der Waals surface area contributed by atoms with Crippen molar-refractivity contribution >= 4 is 0 Å². The molecular weight excluding hydrogens is 360 g/mol. The van der Waals surface area contributed by atoms with E-state index in [0.29, 0.717) is 13.0 Å². The highest BCUT2D eigenvalue weighted by Crippen LogP contribution is 2.15. The molecule has 0 aromatic heterocycles. The fraction of sp³-hybridized carbons (Fsp3) is 0.520. The Labute approximate surface area is 176 Å². The van der Waals surface area contributed by atoms with Gasteiger partial charge in [0.25, 0.3) is 0 Å². The number of aryl methyl sites for hydroxylation is 1. The molecular formula is C25H38N2O2. The second kappa shape index (κ2) is 13.4. The van der Waals surface area contributed by atoms with Crippen LogP contribution in [0.25, 0.3) is 0 Å². The van der Waals surface area contributed by atoms with Gasteiger partial charge < -0.3 is 20.9 Å². The van der Waals surface area contributed by atoms with Gasteiger partial charge in [0, 0.05) is 19.1 Å². The van der Waals surface area contributed by atoms with Crippen LogP contribution in [0.3, 0.4) is 0 Å². The average Bonchev–Trinajstić information content (AvgIpc) is 2.74. The summed E-state index contributed by atoms with van der Waals surface area (Å²) in [6.07, 6.45) is 5.92. The number of rotatable bonds is 14. The van der Waals surface area contributed by atoms with Gasteiger partial charge in [-0.3, -0.25) is 0 Å². The third-order valence-electron chi connectivity index (χ3n) is 5.24. The van der Waals surface area contributed by atoms with Gasteiger partial charge in [-0.25, -0.2) is 0 Å². The lowest BCUT2D eigenvalue weighted by atomic mass is 10.0. The molecule has 0 saturated heterocycles. The van der Waals surface area contributed by atoms with Crippen molar-refractivity contribution in [1.29, 1.82) is 0 Å². The van der Waals surface area contributed by atoms with Gasteiger partial charge in [0.1, 0.15) is 5.75 Å². The normalized spacial score (nSPS) is 13.2. The molecule has 0 radical (unpaired) electrons. The highest BCUT2D eigenvalue weighted by atomic mass is 16.5. The minimum absolute atomic E-state index is 0.301. The van der Waals surface area contributed by atoms with E-state index in [4.69, 9.17) is 10.5 Å². The lowest BCUT2D eigenvalue weighted by Gasteiger charge is -2.20. The average molecular weight is 399 g/mol. The number of benzene rings is 2. The predicted molar refractivity (Wildman–Crippen MR) is 121 cm³/mol. The van der Waals surface area contributed by atoms with E-state index >= 15 is 0 Å². The minimum Gasteiger partial charge on any atom is -0.494 e. The SMILES string of the molecule is CCCCCCOc1ccc(C[C@H](N)[C@H](O)CNCc2cccc(CC)c2)cc1. The van der Waals surface area contributed by atoms with Gasteiger partial charge in [0.2, 0.25) is 0 Å². The van der Waals surface area contributed by atoms with Crippen LogP contribution in [0.4, 0.5) is 0 Å². The fourth-order valence-corrected chi connectivity index (χ4v) is 3.32. The van der Waals surface area contributed by atoms with E-state index in [0.717, 1.165) is 37.3 Å². The van der Waals surface area contributed by atoms with Crippen LogP contribution < -0.4 is 15.8 Å². The zero-order valence-corrected chi connectivity index (χ0v) is 18.1. The molecule has 2 aromatic carbocycles. The molecule has 0 saturated carbocycles. The van der Waals surface area contributed by atoms with E-state index in [2.05, 4.69) is 43.4 Å². The molecule has 2 rings (SSSR count). The third-order valence-corrected chi connectivity index (χ3v) is 5.24. The summed E-state index contributed by atoms with van der Waals surface area (Å²) in [6.45, 7) is 6.35. The van der Waals surface area contributed by atoms with Crippen LogP contribution in [-0.4, -0.2) is 30.4 Å². The number of hydrogen-bond donors (Lipinski definition) is 3. The molecule has 0 aliphatic heterocycles. The first-order chi connectivity index (χ1) is 14.1. The van der Waals surface area contributed by atoms with Gasteiger partial charge in [-0.1, -0.05) is 69.5 Å². The van der Waals surface area contributed by atoms with Gasteiger partial charge in [0.15, 0.2) is 0 Å². The first-order valence-corrected chi connectivity index (χ1v) is 11.1. The van der Waals surface area contributed by atoms with Gasteiger partial charge in [0.05, 0.1) is 12.7 Å². The number of aliphatic hydroxyl groups excluding tert-OH is 1. The van der Waals surface area contributed by atoms with E-state index in [9.17, 15) is 5.11 Å². The molecule has 0 amide bonds. The molecule has 0 fully saturated rings. The van der Waals surface area contributed by atoms with Crippen molar-refractivity contribution in [2.75, 3.05) is 13.2 Å². The molecule has 4 N–H and O–H groups in total. The van der Waals surface area contributed by atoms with Crippen molar-refractivity contribution in [1.82, 2.24) is 5.32 Å². The monoisotopic (exact) mass is 398 g/mol. The van der Waals surface area contributed by atoms with Crippen LogP contribution in [0.1, 0.15) is 56.2 Å². The summed E-state index contributed by atoms with van der Waals surface area (Å²) in [5, 5.41) is 13.7. The van der Waals surface area contributed by atoms with Gasteiger partial charge in [-0.2, -0.15) is 0 Å². The predicted octanol–water partition coefficient (Wildman–Crippen LogP) is 4.23. The van der Waals surface area contributed by atoms with Crippen molar-refractivity contribution in [3.05, 3.63) is 65.2 Å². The minimum atomic E-state index is -0.584. The van der Waals surface area contributed by atoms with Crippen LogP contribution in [0.2, 0.25) is 0 Å². The van der Waals surface area contributed by atoms with Crippen LogP contribution >= 0.6 is 0 Å². The largest absolute Gasteiger partial charge is 0.494 e. The summed E-state index contributed by atoms with van der Waals surface area (Å²) >= 11 is 0. The molecule has 0 unspecified atom stereocenters. The maximum absolute atomic E-state index is 10.4. The summed E-state index contributed by atoms with van der Waals surface area (Å²) < 4.78 is 5.78. The van der Waals surface area contributed by atoms with Crippen molar-refractivity contribution in [3.63, 3.8) is 0 Å². The zero-order valence-electron chi connectivity index (χ0n) is 18.1. The lowest BCUT2D eigenvalue weighted by molar-refractivity contribution is 0.141. The van der Waals surface area contributed by atoms with E-state index in [-0.39, 0.29) is 6.04 Å². The van der Waals surface area contributed by atoms with Gasteiger partial charge in [-0.15, -0.1) is 0 Å². The first kappa shape index (κ1) is 23.4. The quantitative estimate of drug-likeness (QED) is 0.417. The second-order valence-corrected chi connectivity index (χ2v) is 7.79. The highest BCUT2D eigenvalue weighted by molar-refractivity contribution is 5.28.